The zero-order chi connectivity index (χ0) is 46.0. The molecule has 0 aliphatic rings. The molecule has 0 saturated heterocycles. The number of rotatable bonds is 18. The minimum atomic E-state index is -4.62. The highest BCUT2D eigenvalue weighted by Crippen LogP contribution is 2.31. The number of nitrogens with zero attached hydrogens (tertiary/aromatic N) is 2. The molecule has 0 fully saturated rings. The number of carbonyl (C=O) groups is 6. The molecule has 0 heterocycles. The van der Waals surface area contributed by atoms with E-state index in [-0.39, 0.29) is 48.9 Å². The van der Waals surface area contributed by atoms with Gasteiger partial charge in [0.2, 0.25) is 0 Å². The van der Waals surface area contributed by atoms with Gasteiger partial charge >= 0.3 is 36.2 Å². The Hall–Kier alpha value is -7.12. The Morgan fingerprint density at radius 1 is 0.532 bits per heavy atom. The van der Waals surface area contributed by atoms with Crippen molar-refractivity contribution >= 4 is 35.7 Å². The van der Waals surface area contributed by atoms with Gasteiger partial charge in [0.1, 0.15) is 24.6 Å². The van der Waals surface area contributed by atoms with E-state index >= 15 is 0 Å². The summed E-state index contributed by atoms with van der Waals surface area (Å²) >= 11 is 0. The van der Waals surface area contributed by atoms with Crippen LogP contribution in [0.15, 0.2) is 97.1 Å². The lowest BCUT2D eigenvalue weighted by atomic mass is 10.1. The third-order valence-electron chi connectivity index (χ3n) is 8.02. The summed E-state index contributed by atoms with van der Waals surface area (Å²) in [7, 11) is 0. The van der Waals surface area contributed by atoms with Gasteiger partial charge < -0.3 is 39.0 Å². The number of carboxylic acids is 2. The normalized spacial score (nSPS) is 11.0. The number of hydrogen-bond acceptors (Lipinski definition) is 10. The highest BCUT2D eigenvalue weighted by molar-refractivity contribution is 5.97. The number of halogens is 6. The van der Waals surface area contributed by atoms with E-state index in [9.17, 15) is 55.1 Å². The molecular weight excluding hydrogens is 838 g/mol. The van der Waals surface area contributed by atoms with E-state index in [1.807, 2.05) is 0 Å². The first-order chi connectivity index (χ1) is 29.2. The van der Waals surface area contributed by atoms with Gasteiger partial charge in [-0.1, -0.05) is 36.4 Å². The maximum Gasteiger partial charge on any atom is 0.416 e. The molecule has 0 bridgehead atoms. The summed E-state index contributed by atoms with van der Waals surface area (Å²) in [4.78, 5) is 72.9. The third-order valence-corrected chi connectivity index (χ3v) is 8.02. The molecule has 332 valence electrons. The lowest BCUT2D eigenvalue weighted by Crippen LogP contribution is -2.36. The number of aliphatic carboxylic acids is 2. The van der Waals surface area contributed by atoms with E-state index < -0.39 is 85.5 Å². The van der Waals surface area contributed by atoms with Crippen LogP contribution in [0.1, 0.15) is 56.8 Å². The summed E-state index contributed by atoms with van der Waals surface area (Å²) in [5.41, 5.74) is -1.30. The van der Waals surface area contributed by atoms with E-state index in [0.29, 0.717) is 11.1 Å². The van der Waals surface area contributed by atoms with Crippen molar-refractivity contribution in [2.75, 3.05) is 39.5 Å². The van der Waals surface area contributed by atoms with Crippen LogP contribution < -0.4 is 9.47 Å². The van der Waals surface area contributed by atoms with Gasteiger partial charge in [-0.15, -0.1) is 0 Å². The number of amides is 2. The van der Waals surface area contributed by atoms with Crippen LogP contribution in [0.5, 0.6) is 11.5 Å². The zero-order valence-corrected chi connectivity index (χ0v) is 33.0. The summed E-state index contributed by atoms with van der Waals surface area (Å²) in [5.74, 6) is -4.67. The predicted octanol–water partition coefficient (Wildman–Crippen LogP) is 6.75. The van der Waals surface area contributed by atoms with Crippen LogP contribution in [0.25, 0.3) is 0 Å². The molecule has 4 aromatic rings. The minimum Gasteiger partial charge on any atom is -0.482 e. The van der Waals surface area contributed by atoms with Crippen LogP contribution >= 0.6 is 0 Å². The van der Waals surface area contributed by atoms with E-state index in [0.717, 1.165) is 46.2 Å². The first-order valence-corrected chi connectivity index (χ1v) is 18.3. The van der Waals surface area contributed by atoms with Gasteiger partial charge in [0.05, 0.1) is 24.3 Å². The largest absolute Gasteiger partial charge is 0.482 e. The molecule has 4 rings (SSSR count). The molecule has 0 aromatic heterocycles. The Kier molecular flexibility index (Phi) is 18.3. The van der Waals surface area contributed by atoms with Gasteiger partial charge in [-0.25, -0.2) is 9.59 Å². The Morgan fingerprint density at radius 2 is 0.871 bits per heavy atom. The molecule has 0 aliphatic carbocycles. The predicted molar refractivity (Wildman–Crippen MR) is 205 cm³/mol. The molecule has 14 nitrogen and oxygen atoms in total. The van der Waals surface area contributed by atoms with Crippen LogP contribution in [-0.2, 0) is 54.1 Å². The fourth-order valence-corrected chi connectivity index (χ4v) is 5.26. The minimum absolute atomic E-state index is 0.0834. The molecule has 0 unspecified atom stereocenters. The maximum absolute atomic E-state index is 13.0. The van der Waals surface area contributed by atoms with Gasteiger partial charge in [0.15, 0.2) is 13.2 Å². The Labute approximate surface area is 350 Å². The van der Waals surface area contributed by atoms with E-state index in [1.54, 1.807) is 38.1 Å². The Balaban J connectivity index is 0.000000330. The standard InChI is InChI=1S/2C21H20F3NO6/c2*1-2-30-19(28)12-25(11-14-6-8-17(9-7-14)31-13-18(26)27)20(29)15-4-3-5-16(10-15)21(22,23)24/h2*3-10H,2,11-13H2,1H3,(H,26,27). The second-order valence-corrected chi connectivity index (χ2v) is 12.7. The average molecular weight is 879 g/mol. The molecule has 4 aromatic carbocycles. The van der Waals surface area contributed by atoms with E-state index in [4.69, 9.17) is 29.2 Å². The molecule has 0 atom stereocenters. The number of carboxylic acid groups (broad SMARTS) is 2. The van der Waals surface area contributed by atoms with E-state index in [1.165, 1.54) is 36.4 Å². The van der Waals surface area contributed by atoms with Crippen LogP contribution in [0.3, 0.4) is 0 Å². The molecule has 62 heavy (non-hydrogen) atoms. The van der Waals surface area contributed by atoms with Gasteiger partial charge in [-0.2, -0.15) is 26.3 Å². The molecule has 0 saturated carbocycles. The van der Waals surface area contributed by atoms with Crippen molar-refractivity contribution in [1.82, 2.24) is 9.80 Å². The zero-order valence-electron chi connectivity index (χ0n) is 33.0. The van der Waals surface area contributed by atoms with Crippen molar-refractivity contribution in [1.29, 1.82) is 0 Å². The van der Waals surface area contributed by atoms with Crippen LogP contribution in [0.4, 0.5) is 26.3 Å². The lowest BCUT2D eigenvalue weighted by molar-refractivity contribution is -0.144. The molecule has 0 spiro atoms. The monoisotopic (exact) mass is 878 g/mol. The second kappa shape index (κ2) is 23.0. The number of hydrogen-bond donors (Lipinski definition) is 2. The first-order valence-electron chi connectivity index (χ1n) is 18.3. The van der Waals surface area contributed by atoms with Crippen LogP contribution in [0, 0.1) is 0 Å². The van der Waals surface area contributed by atoms with Crippen LogP contribution in [0.2, 0.25) is 0 Å². The topological polar surface area (TPSA) is 186 Å². The molecule has 0 aliphatic heterocycles. The maximum atomic E-state index is 13.0. The fourth-order valence-electron chi connectivity index (χ4n) is 5.26. The van der Waals surface area contributed by atoms with E-state index in [2.05, 4.69) is 0 Å². The molecule has 2 amide bonds. The molecular formula is C42H40F6N2O12. The highest BCUT2D eigenvalue weighted by Gasteiger charge is 2.33. The number of carbonyl (C=O) groups excluding carboxylic acids is 4. The average Bonchev–Trinajstić information content (AvgIpc) is 3.22. The lowest BCUT2D eigenvalue weighted by Gasteiger charge is -2.22. The summed E-state index contributed by atoms with van der Waals surface area (Å²) in [6, 6.07) is 20.0. The van der Waals surface area contributed by atoms with Gasteiger partial charge in [0.25, 0.3) is 11.8 Å². The van der Waals surface area contributed by atoms with Gasteiger partial charge in [-0.3, -0.25) is 19.2 Å². The van der Waals surface area contributed by atoms with Crippen molar-refractivity contribution in [2.45, 2.75) is 39.3 Å². The van der Waals surface area contributed by atoms with Gasteiger partial charge in [0, 0.05) is 24.2 Å². The number of alkyl halides is 6. The highest BCUT2D eigenvalue weighted by atomic mass is 19.4. The van der Waals surface area contributed by atoms with Crippen molar-refractivity contribution in [3.05, 3.63) is 130 Å². The molecule has 2 N–H and O–H groups in total. The van der Waals surface area contributed by atoms with Gasteiger partial charge in [-0.05, 0) is 85.6 Å². The third kappa shape index (κ3) is 16.5. The second-order valence-electron chi connectivity index (χ2n) is 12.7. The quantitative estimate of drug-likeness (QED) is 0.0793. The number of benzene rings is 4. The Morgan fingerprint density at radius 3 is 1.16 bits per heavy atom. The molecule has 20 heteroatoms. The van der Waals surface area contributed by atoms with Crippen molar-refractivity contribution < 1.29 is 84.3 Å². The first kappa shape index (κ1) is 49.2. The summed E-state index contributed by atoms with van der Waals surface area (Å²) in [6.07, 6.45) is -9.23. The van der Waals surface area contributed by atoms with Crippen LogP contribution in [-0.4, -0.2) is 95.2 Å². The fraction of sp³-hybridized carbons (Fsp3) is 0.286. The summed E-state index contributed by atoms with van der Waals surface area (Å²) in [5, 5.41) is 17.3. The summed E-state index contributed by atoms with van der Waals surface area (Å²) < 4.78 is 97.7. The number of esters is 2. The smallest absolute Gasteiger partial charge is 0.416 e. The van der Waals surface area contributed by atoms with Crippen molar-refractivity contribution in [2.24, 2.45) is 0 Å². The molecule has 0 radical (unpaired) electrons. The summed E-state index contributed by atoms with van der Waals surface area (Å²) in [6.45, 7) is 1.20. The number of ether oxygens (including phenoxy) is 4. The SMILES string of the molecule is CCOC(=O)CN(Cc1ccc(OCC(=O)O)cc1)C(=O)c1cccc(C(F)(F)F)c1.CCOC(=O)CN(Cc1ccc(OCC(=O)O)cc1)C(=O)c1cccc(C(F)(F)F)c1. The van der Waals surface area contributed by atoms with Crippen molar-refractivity contribution in [3.63, 3.8) is 0 Å². The van der Waals surface area contributed by atoms with Crippen molar-refractivity contribution in [3.8, 4) is 11.5 Å². The Bertz CT molecular complexity index is 2010.